The van der Waals surface area contributed by atoms with E-state index in [0.717, 1.165) is 5.56 Å². The van der Waals surface area contributed by atoms with Gasteiger partial charge in [-0.25, -0.2) is 0 Å². The molecule has 2 aromatic rings. The van der Waals surface area contributed by atoms with Crippen molar-refractivity contribution in [3.63, 3.8) is 0 Å². The summed E-state index contributed by atoms with van der Waals surface area (Å²) < 4.78 is 1.75. The van der Waals surface area contributed by atoms with Gasteiger partial charge in [0.2, 0.25) is 0 Å². The number of para-hydroxylation sites is 1. The molecule has 3 heteroatoms. The smallest absolute Gasteiger partial charge is 0.121 e. The molecule has 3 nitrogen and oxygen atoms in total. The predicted octanol–water partition coefficient (Wildman–Crippen LogP) is 2.36. The number of hydrogen-bond donors (Lipinski definition) is 1. The molecule has 76 valence electrons. The van der Waals surface area contributed by atoms with Crippen LogP contribution in [0.2, 0.25) is 0 Å². The maximum Gasteiger partial charge on any atom is 0.121 e. The van der Waals surface area contributed by atoms with Gasteiger partial charge in [-0.15, -0.1) is 6.58 Å². The van der Waals surface area contributed by atoms with Gasteiger partial charge in [0.15, 0.2) is 0 Å². The molecule has 1 atom stereocenters. The molecule has 1 N–H and O–H groups in total. The summed E-state index contributed by atoms with van der Waals surface area (Å²) in [7, 11) is 0. The molecule has 1 aromatic heterocycles. The molecule has 0 saturated carbocycles. The Kier molecular flexibility index (Phi) is 2.54. The fourth-order valence-corrected chi connectivity index (χ4v) is 1.56. The molecular weight excluding hydrogens is 188 g/mol. The van der Waals surface area contributed by atoms with E-state index in [4.69, 9.17) is 0 Å². The Bertz CT molecular complexity index is 448. The summed E-state index contributed by atoms with van der Waals surface area (Å²) in [5, 5.41) is 13.9. The summed E-state index contributed by atoms with van der Waals surface area (Å²) >= 11 is 0. The monoisotopic (exact) mass is 200 g/mol. The van der Waals surface area contributed by atoms with Crippen LogP contribution >= 0.6 is 0 Å². The molecule has 0 aliphatic heterocycles. The average Bonchev–Trinajstić information content (AvgIpc) is 2.75. The Balaban J connectivity index is 2.44. The highest BCUT2D eigenvalue weighted by molar-refractivity contribution is 5.36. The predicted molar refractivity (Wildman–Crippen MR) is 58.7 cm³/mol. The van der Waals surface area contributed by atoms with E-state index in [-0.39, 0.29) is 11.8 Å². The number of aromatic hydroxyl groups is 1. The Morgan fingerprint density at radius 1 is 1.33 bits per heavy atom. The first-order chi connectivity index (χ1) is 7.33. The number of benzene rings is 1. The van der Waals surface area contributed by atoms with Crippen molar-refractivity contribution in [1.29, 1.82) is 0 Å². The van der Waals surface area contributed by atoms with Crippen molar-refractivity contribution in [3.8, 4) is 5.75 Å². The summed E-state index contributed by atoms with van der Waals surface area (Å²) in [6.07, 6.45) is 5.30. The Morgan fingerprint density at radius 2 is 2.13 bits per heavy atom. The largest absolute Gasteiger partial charge is 0.508 e. The normalized spacial score (nSPS) is 12.3. The lowest BCUT2D eigenvalue weighted by Gasteiger charge is -2.14. The van der Waals surface area contributed by atoms with Crippen LogP contribution in [0.5, 0.6) is 5.75 Å². The SMILES string of the molecule is C=CC(c1ccccc1O)n1cccn1. The summed E-state index contributed by atoms with van der Waals surface area (Å²) in [5.41, 5.74) is 0.802. The molecule has 1 aromatic carbocycles. The maximum absolute atomic E-state index is 9.72. The van der Waals surface area contributed by atoms with Gasteiger partial charge in [0.1, 0.15) is 5.75 Å². The van der Waals surface area contributed by atoms with Gasteiger partial charge in [0.25, 0.3) is 0 Å². The van der Waals surface area contributed by atoms with Gasteiger partial charge < -0.3 is 5.11 Å². The third-order valence-corrected chi connectivity index (χ3v) is 2.29. The molecule has 0 spiro atoms. The van der Waals surface area contributed by atoms with Crippen molar-refractivity contribution < 1.29 is 5.11 Å². The van der Waals surface area contributed by atoms with Crippen molar-refractivity contribution in [3.05, 3.63) is 60.9 Å². The number of nitrogens with zero attached hydrogens (tertiary/aromatic N) is 2. The van der Waals surface area contributed by atoms with E-state index >= 15 is 0 Å². The van der Waals surface area contributed by atoms with Gasteiger partial charge >= 0.3 is 0 Å². The molecule has 0 bridgehead atoms. The average molecular weight is 200 g/mol. The summed E-state index contributed by atoms with van der Waals surface area (Å²) in [6, 6.07) is 8.92. The van der Waals surface area contributed by atoms with Crippen molar-refractivity contribution in [1.82, 2.24) is 9.78 Å². The van der Waals surface area contributed by atoms with Crippen molar-refractivity contribution >= 4 is 0 Å². The molecule has 0 aliphatic rings. The molecular formula is C12H12N2O. The topological polar surface area (TPSA) is 38.0 Å². The second-order valence-electron chi connectivity index (χ2n) is 3.23. The second kappa shape index (κ2) is 4.00. The van der Waals surface area contributed by atoms with Crippen molar-refractivity contribution in [2.45, 2.75) is 6.04 Å². The maximum atomic E-state index is 9.72. The summed E-state index contributed by atoms with van der Waals surface area (Å²) in [5.74, 6) is 0.262. The molecule has 2 rings (SSSR count). The first kappa shape index (κ1) is 9.52. The first-order valence-corrected chi connectivity index (χ1v) is 4.72. The molecule has 0 saturated heterocycles. The quantitative estimate of drug-likeness (QED) is 0.772. The van der Waals surface area contributed by atoms with E-state index in [1.807, 2.05) is 24.4 Å². The molecule has 1 unspecified atom stereocenters. The van der Waals surface area contributed by atoms with Gasteiger partial charge in [-0.2, -0.15) is 5.10 Å². The van der Waals surface area contributed by atoms with Crippen LogP contribution in [0.15, 0.2) is 55.4 Å². The van der Waals surface area contributed by atoms with E-state index in [1.54, 1.807) is 29.1 Å². The molecule has 1 heterocycles. The van der Waals surface area contributed by atoms with E-state index in [1.165, 1.54) is 0 Å². The number of allylic oxidation sites excluding steroid dienone is 1. The van der Waals surface area contributed by atoms with Gasteiger partial charge in [-0.3, -0.25) is 4.68 Å². The van der Waals surface area contributed by atoms with Gasteiger partial charge in [-0.05, 0) is 12.1 Å². The Morgan fingerprint density at radius 3 is 2.73 bits per heavy atom. The van der Waals surface area contributed by atoms with Gasteiger partial charge in [0.05, 0.1) is 6.04 Å². The fourth-order valence-electron chi connectivity index (χ4n) is 1.56. The minimum absolute atomic E-state index is 0.124. The summed E-state index contributed by atoms with van der Waals surface area (Å²) in [6.45, 7) is 3.76. The number of rotatable bonds is 3. The lowest BCUT2D eigenvalue weighted by Crippen LogP contribution is -2.08. The lowest BCUT2D eigenvalue weighted by molar-refractivity contribution is 0.457. The Labute approximate surface area is 88.3 Å². The number of aromatic nitrogens is 2. The van der Waals surface area contributed by atoms with Crippen LogP contribution in [0.25, 0.3) is 0 Å². The van der Waals surface area contributed by atoms with Crippen molar-refractivity contribution in [2.75, 3.05) is 0 Å². The Hall–Kier alpha value is -2.03. The standard InChI is InChI=1S/C12H12N2O/c1-2-11(14-9-5-8-13-14)10-6-3-4-7-12(10)15/h2-9,11,15H,1H2. The van der Waals surface area contributed by atoms with Crippen LogP contribution in [0, 0.1) is 0 Å². The minimum atomic E-state index is -0.124. The zero-order chi connectivity index (χ0) is 10.7. The number of phenols is 1. The van der Waals surface area contributed by atoms with Crippen LogP contribution in [-0.2, 0) is 0 Å². The molecule has 0 amide bonds. The molecule has 0 radical (unpaired) electrons. The van der Waals surface area contributed by atoms with Crippen molar-refractivity contribution in [2.24, 2.45) is 0 Å². The van der Waals surface area contributed by atoms with Crippen LogP contribution in [0.4, 0.5) is 0 Å². The van der Waals surface area contributed by atoms with E-state index < -0.39 is 0 Å². The second-order valence-corrected chi connectivity index (χ2v) is 3.23. The minimum Gasteiger partial charge on any atom is -0.508 e. The van der Waals surface area contributed by atoms with Crippen LogP contribution in [0.3, 0.4) is 0 Å². The highest BCUT2D eigenvalue weighted by Gasteiger charge is 2.12. The van der Waals surface area contributed by atoms with Gasteiger partial charge in [0, 0.05) is 18.0 Å². The highest BCUT2D eigenvalue weighted by Crippen LogP contribution is 2.26. The molecule has 0 aliphatic carbocycles. The van der Waals surface area contributed by atoms with E-state index in [2.05, 4.69) is 11.7 Å². The zero-order valence-corrected chi connectivity index (χ0v) is 8.24. The molecule has 0 fully saturated rings. The van der Waals surface area contributed by atoms with Crippen LogP contribution in [-0.4, -0.2) is 14.9 Å². The lowest BCUT2D eigenvalue weighted by atomic mass is 10.1. The fraction of sp³-hybridized carbons (Fsp3) is 0.0833. The van der Waals surface area contributed by atoms with Crippen LogP contribution in [0.1, 0.15) is 11.6 Å². The summed E-state index contributed by atoms with van der Waals surface area (Å²) in [4.78, 5) is 0. The highest BCUT2D eigenvalue weighted by atomic mass is 16.3. The number of hydrogen-bond acceptors (Lipinski definition) is 2. The third-order valence-electron chi connectivity index (χ3n) is 2.29. The molecule has 15 heavy (non-hydrogen) atoms. The van der Waals surface area contributed by atoms with E-state index in [9.17, 15) is 5.11 Å². The third kappa shape index (κ3) is 1.76. The first-order valence-electron chi connectivity index (χ1n) is 4.72. The van der Waals surface area contributed by atoms with Crippen LogP contribution < -0.4 is 0 Å². The van der Waals surface area contributed by atoms with Gasteiger partial charge in [-0.1, -0.05) is 24.3 Å². The number of phenolic OH excluding ortho intramolecular Hbond substituents is 1. The zero-order valence-electron chi connectivity index (χ0n) is 8.24. The van der Waals surface area contributed by atoms with E-state index in [0.29, 0.717) is 0 Å².